The van der Waals surface area contributed by atoms with Gasteiger partial charge in [-0.2, -0.15) is 0 Å². The molecule has 4 nitrogen and oxygen atoms in total. The number of rotatable bonds is 6. The molecule has 6 heteroatoms. The number of halogens is 2. The Bertz CT molecular complexity index is 999. The number of fused-ring (bicyclic) bond motifs is 1. The Kier molecular flexibility index (Phi) is 5.69. The van der Waals surface area contributed by atoms with Crippen molar-refractivity contribution in [1.29, 1.82) is 0 Å². The minimum absolute atomic E-state index is 0.0296. The van der Waals surface area contributed by atoms with Gasteiger partial charge in [-0.25, -0.2) is 9.13 Å². The summed E-state index contributed by atoms with van der Waals surface area (Å²) in [6.07, 6.45) is 4.93. The first kappa shape index (κ1) is 19.0. The zero-order valence-corrected chi connectivity index (χ0v) is 17.0. The number of benzene rings is 2. The summed E-state index contributed by atoms with van der Waals surface area (Å²) in [6.45, 7) is 1.91. The summed E-state index contributed by atoms with van der Waals surface area (Å²) in [5, 5.41) is 4.11. The fraction of sp³-hybridized carbons (Fsp3) is 0.273. The maximum Gasteiger partial charge on any atom is 0.262 e. The van der Waals surface area contributed by atoms with Crippen molar-refractivity contribution >= 4 is 29.1 Å². The molecule has 0 bridgehead atoms. The number of amides is 1. The zero-order chi connectivity index (χ0) is 19.5. The van der Waals surface area contributed by atoms with E-state index >= 15 is 0 Å². The van der Waals surface area contributed by atoms with Crippen molar-refractivity contribution in [1.82, 2.24) is 9.88 Å². The van der Waals surface area contributed by atoms with Crippen LogP contribution in [-0.4, -0.2) is 17.0 Å². The summed E-state index contributed by atoms with van der Waals surface area (Å²) in [5.74, 6) is 1.21. The quantitative estimate of drug-likeness (QED) is 0.606. The van der Waals surface area contributed by atoms with Crippen molar-refractivity contribution in [2.24, 2.45) is 0 Å². The molecule has 0 fully saturated rings. The number of carbonyl (C=O) groups is 1. The van der Waals surface area contributed by atoms with Crippen LogP contribution in [-0.2, 0) is 30.7 Å². The monoisotopic (exact) mass is 414 g/mol. The highest BCUT2D eigenvalue weighted by Gasteiger charge is 2.29. The van der Waals surface area contributed by atoms with E-state index in [0.29, 0.717) is 23.1 Å². The predicted molar refractivity (Wildman–Crippen MR) is 112 cm³/mol. The fourth-order valence-corrected chi connectivity index (χ4v) is 4.03. The molecule has 2 heterocycles. The van der Waals surface area contributed by atoms with Crippen LogP contribution < -0.4 is 9.88 Å². The Labute approximate surface area is 174 Å². The van der Waals surface area contributed by atoms with Gasteiger partial charge in [-0.05, 0) is 36.6 Å². The van der Waals surface area contributed by atoms with E-state index in [2.05, 4.69) is 26.6 Å². The van der Waals surface area contributed by atoms with Gasteiger partial charge in [-0.1, -0.05) is 53.5 Å². The van der Waals surface area contributed by atoms with Gasteiger partial charge in [-0.3, -0.25) is 4.79 Å². The van der Waals surface area contributed by atoms with Gasteiger partial charge in [0.15, 0.2) is 12.2 Å². The van der Waals surface area contributed by atoms with Gasteiger partial charge < -0.3 is 5.32 Å². The Morgan fingerprint density at radius 3 is 2.71 bits per heavy atom. The third-order valence-electron chi connectivity index (χ3n) is 5.10. The van der Waals surface area contributed by atoms with E-state index in [1.54, 1.807) is 0 Å². The lowest BCUT2D eigenvalue weighted by Crippen LogP contribution is -2.44. The molecule has 0 saturated heterocycles. The summed E-state index contributed by atoms with van der Waals surface area (Å²) in [7, 11) is 0. The highest BCUT2D eigenvalue weighted by atomic mass is 35.5. The van der Waals surface area contributed by atoms with Crippen molar-refractivity contribution in [3.8, 4) is 11.3 Å². The SMILES string of the molecule is O=C(C[n+]1cc(-c2ccc(Cl)c(Cl)c2)n2c1CCC2)NCCc1ccccc1. The van der Waals surface area contributed by atoms with E-state index in [0.717, 1.165) is 37.1 Å². The van der Waals surface area contributed by atoms with E-state index < -0.39 is 0 Å². The van der Waals surface area contributed by atoms with Gasteiger partial charge in [0, 0.05) is 12.1 Å². The van der Waals surface area contributed by atoms with E-state index in [1.165, 1.54) is 11.4 Å². The highest BCUT2D eigenvalue weighted by Crippen LogP contribution is 2.30. The number of hydrogen-bond acceptors (Lipinski definition) is 1. The molecule has 4 rings (SSSR count). The average molecular weight is 415 g/mol. The molecule has 1 N–H and O–H groups in total. The Hall–Kier alpha value is -2.30. The number of carbonyl (C=O) groups excluding carboxylic acids is 1. The van der Waals surface area contributed by atoms with Crippen LogP contribution in [0.5, 0.6) is 0 Å². The molecule has 144 valence electrons. The molecule has 0 spiro atoms. The number of imidazole rings is 1. The summed E-state index contributed by atoms with van der Waals surface area (Å²) in [5.41, 5.74) is 3.31. The van der Waals surface area contributed by atoms with Crippen molar-refractivity contribution < 1.29 is 9.36 Å². The summed E-state index contributed by atoms with van der Waals surface area (Å²) < 4.78 is 4.33. The molecule has 28 heavy (non-hydrogen) atoms. The molecule has 0 saturated carbocycles. The third-order valence-corrected chi connectivity index (χ3v) is 5.84. The van der Waals surface area contributed by atoms with Crippen LogP contribution in [0.2, 0.25) is 10.0 Å². The minimum Gasteiger partial charge on any atom is -0.352 e. The van der Waals surface area contributed by atoms with Crippen molar-refractivity contribution in [3.63, 3.8) is 0 Å². The second kappa shape index (κ2) is 8.38. The number of nitrogens with zero attached hydrogens (tertiary/aromatic N) is 2. The second-order valence-electron chi connectivity index (χ2n) is 7.03. The van der Waals surface area contributed by atoms with Crippen molar-refractivity contribution in [2.45, 2.75) is 32.4 Å². The first-order chi connectivity index (χ1) is 13.6. The van der Waals surface area contributed by atoms with Gasteiger partial charge in [0.1, 0.15) is 6.20 Å². The maximum atomic E-state index is 12.5. The molecule has 1 aliphatic rings. The molecule has 0 radical (unpaired) electrons. The molecule has 1 aromatic heterocycles. The van der Waals surface area contributed by atoms with E-state index in [4.69, 9.17) is 23.2 Å². The number of nitrogens with one attached hydrogen (secondary N) is 1. The van der Waals surface area contributed by atoms with E-state index in [9.17, 15) is 4.79 Å². The van der Waals surface area contributed by atoms with Crippen LogP contribution in [0.25, 0.3) is 11.3 Å². The van der Waals surface area contributed by atoms with Crippen LogP contribution in [0.1, 0.15) is 17.8 Å². The lowest BCUT2D eigenvalue weighted by molar-refractivity contribution is -0.690. The largest absolute Gasteiger partial charge is 0.352 e. The Morgan fingerprint density at radius 1 is 1.11 bits per heavy atom. The topological polar surface area (TPSA) is 37.9 Å². The smallest absolute Gasteiger partial charge is 0.262 e. The summed E-state index contributed by atoms with van der Waals surface area (Å²) in [6, 6.07) is 15.8. The van der Waals surface area contributed by atoms with Crippen LogP contribution >= 0.6 is 23.2 Å². The number of aromatic nitrogens is 2. The van der Waals surface area contributed by atoms with Crippen molar-refractivity contribution in [2.75, 3.05) is 6.54 Å². The van der Waals surface area contributed by atoms with Crippen LogP contribution in [0.4, 0.5) is 0 Å². The molecule has 1 amide bonds. The van der Waals surface area contributed by atoms with Crippen LogP contribution in [0, 0.1) is 0 Å². The first-order valence-electron chi connectivity index (χ1n) is 9.50. The molecular weight excluding hydrogens is 393 g/mol. The van der Waals surface area contributed by atoms with Crippen molar-refractivity contribution in [3.05, 3.63) is 76.2 Å². The van der Waals surface area contributed by atoms with Gasteiger partial charge in [0.2, 0.25) is 0 Å². The maximum absolute atomic E-state index is 12.5. The molecule has 0 aliphatic carbocycles. The molecule has 3 aromatic rings. The molecule has 0 unspecified atom stereocenters. The normalized spacial score (nSPS) is 12.8. The summed E-state index contributed by atoms with van der Waals surface area (Å²) in [4.78, 5) is 12.5. The Balaban J connectivity index is 1.46. The van der Waals surface area contributed by atoms with E-state index in [1.807, 2.05) is 42.6 Å². The fourth-order valence-electron chi connectivity index (χ4n) is 3.73. The van der Waals surface area contributed by atoms with Crippen LogP contribution in [0.15, 0.2) is 54.7 Å². The van der Waals surface area contributed by atoms with Gasteiger partial charge in [-0.15, -0.1) is 0 Å². The molecule has 1 aliphatic heterocycles. The van der Waals surface area contributed by atoms with Crippen LogP contribution in [0.3, 0.4) is 0 Å². The standard InChI is InChI=1S/C22H21Cl2N3O/c23-18-9-8-17(13-19(18)24)20-14-26(22-7-4-12-27(20)22)15-21(28)25-11-10-16-5-2-1-3-6-16/h1-3,5-6,8-9,13-14H,4,7,10-12,15H2/p+1. The van der Waals surface area contributed by atoms with Gasteiger partial charge in [0.05, 0.1) is 23.0 Å². The van der Waals surface area contributed by atoms with Gasteiger partial charge in [0.25, 0.3) is 11.7 Å². The van der Waals surface area contributed by atoms with E-state index in [-0.39, 0.29) is 5.91 Å². The predicted octanol–water partition coefficient (Wildman–Crippen LogP) is 4.05. The first-order valence-corrected chi connectivity index (χ1v) is 10.3. The third kappa shape index (κ3) is 4.08. The lowest BCUT2D eigenvalue weighted by Gasteiger charge is -2.04. The lowest BCUT2D eigenvalue weighted by atomic mass is 10.1. The molecule has 2 aromatic carbocycles. The average Bonchev–Trinajstić information content (AvgIpc) is 3.29. The second-order valence-corrected chi connectivity index (χ2v) is 7.84. The van der Waals surface area contributed by atoms with Gasteiger partial charge >= 0.3 is 0 Å². The minimum atomic E-state index is 0.0296. The Morgan fingerprint density at radius 2 is 1.93 bits per heavy atom. The summed E-state index contributed by atoms with van der Waals surface area (Å²) >= 11 is 12.3. The molecular formula is C22H22Cl2N3O+. The highest BCUT2D eigenvalue weighted by molar-refractivity contribution is 6.42. The number of hydrogen-bond donors (Lipinski definition) is 1. The molecule has 0 atom stereocenters. The zero-order valence-electron chi connectivity index (χ0n) is 15.5.